The van der Waals surface area contributed by atoms with Gasteiger partial charge in [0.1, 0.15) is 28.4 Å². The zero-order valence-corrected chi connectivity index (χ0v) is 15.1. The van der Waals surface area contributed by atoms with Crippen LogP contribution in [0.15, 0.2) is 35.1 Å². The molecule has 0 unspecified atom stereocenters. The minimum absolute atomic E-state index is 0.00155. The van der Waals surface area contributed by atoms with E-state index in [1.54, 1.807) is 0 Å². The molecule has 0 aliphatic rings. The third kappa shape index (κ3) is 3.44. The molecule has 0 spiro atoms. The average molecular weight is 408 g/mol. The smallest absolute Gasteiger partial charge is 0.282 e. The number of Topliss-reactive ketones (excluding diaryl/α,β-unsaturated/α-hetero) is 1. The summed E-state index contributed by atoms with van der Waals surface area (Å²) in [4.78, 5) is 38.6. The Kier molecular flexibility index (Phi) is 5.10. The summed E-state index contributed by atoms with van der Waals surface area (Å²) in [5.41, 5.74) is -1.97. The van der Waals surface area contributed by atoms with Crippen LogP contribution in [0.4, 0.5) is 26.0 Å². The molecule has 1 heterocycles. The molecular weight excluding hydrogens is 396 g/mol. The van der Waals surface area contributed by atoms with Gasteiger partial charge in [0.15, 0.2) is 5.78 Å². The molecule has 0 radical (unpaired) electrons. The van der Waals surface area contributed by atoms with Gasteiger partial charge in [0.05, 0.1) is 15.5 Å². The van der Waals surface area contributed by atoms with Crippen LogP contribution in [-0.4, -0.2) is 15.7 Å². The third-order valence-electron chi connectivity index (χ3n) is 4.02. The van der Waals surface area contributed by atoms with E-state index in [4.69, 9.17) is 11.6 Å². The van der Waals surface area contributed by atoms with E-state index in [1.165, 1.54) is 13.0 Å². The fraction of sp³-hybridized carbons (Fsp3) is 0.111. The number of nitrogens with one attached hydrogen (secondary N) is 2. The fourth-order valence-electron chi connectivity index (χ4n) is 2.80. The molecular formula is C18H12ClF2N3O4. The number of carbonyl (C=O) groups is 1. The third-order valence-corrected chi connectivity index (χ3v) is 4.33. The number of carbonyl (C=O) groups excluding carboxylic acids is 1. The number of aromatic amines is 1. The molecule has 10 heteroatoms. The number of hydrogen-bond donors (Lipinski definition) is 2. The van der Waals surface area contributed by atoms with Crippen LogP contribution >= 0.6 is 11.6 Å². The van der Waals surface area contributed by atoms with Gasteiger partial charge < -0.3 is 10.3 Å². The lowest BCUT2D eigenvalue weighted by Gasteiger charge is -2.13. The minimum atomic E-state index is -0.908. The summed E-state index contributed by atoms with van der Waals surface area (Å²) in [5.74, 6) is -2.53. The normalized spacial score (nSPS) is 10.9. The maximum absolute atomic E-state index is 13.5. The Morgan fingerprint density at radius 2 is 1.89 bits per heavy atom. The first-order valence-corrected chi connectivity index (χ1v) is 8.40. The highest BCUT2D eigenvalue weighted by Crippen LogP contribution is 2.31. The molecule has 3 rings (SSSR count). The molecule has 0 saturated carbocycles. The lowest BCUT2D eigenvalue weighted by atomic mass is 10.0. The van der Waals surface area contributed by atoms with Crippen molar-refractivity contribution in [3.05, 3.63) is 72.9 Å². The lowest BCUT2D eigenvalue weighted by Crippen LogP contribution is -2.20. The first-order valence-electron chi connectivity index (χ1n) is 8.02. The molecule has 0 fully saturated rings. The summed E-state index contributed by atoms with van der Waals surface area (Å²) in [6.07, 6.45) is -0.0743. The molecule has 1 aromatic heterocycles. The van der Waals surface area contributed by atoms with Crippen molar-refractivity contribution in [1.82, 2.24) is 4.98 Å². The van der Waals surface area contributed by atoms with Gasteiger partial charge in [0.2, 0.25) is 5.43 Å². The van der Waals surface area contributed by atoms with Gasteiger partial charge in [0, 0.05) is 24.2 Å². The number of benzene rings is 2. The number of anilines is 2. The summed E-state index contributed by atoms with van der Waals surface area (Å²) < 4.78 is 27.0. The molecule has 2 N–H and O–H groups in total. The summed E-state index contributed by atoms with van der Waals surface area (Å²) in [6.45, 7) is 1.50. The van der Waals surface area contributed by atoms with Gasteiger partial charge in [-0.1, -0.05) is 18.5 Å². The second-order valence-electron chi connectivity index (χ2n) is 5.84. The first kappa shape index (κ1) is 19.4. The van der Waals surface area contributed by atoms with Crippen LogP contribution < -0.4 is 10.7 Å². The number of nitrogens with zero attached hydrogens (tertiary/aromatic N) is 1. The van der Waals surface area contributed by atoms with Crippen molar-refractivity contribution in [2.75, 3.05) is 5.32 Å². The van der Waals surface area contributed by atoms with Gasteiger partial charge in [-0.15, -0.1) is 0 Å². The zero-order valence-electron chi connectivity index (χ0n) is 14.3. The van der Waals surface area contributed by atoms with Crippen molar-refractivity contribution in [3.8, 4) is 0 Å². The van der Waals surface area contributed by atoms with Crippen molar-refractivity contribution >= 4 is 45.5 Å². The number of nitro groups is 1. The van der Waals surface area contributed by atoms with Crippen LogP contribution in [0.1, 0.15) is 23.7 Å². The Balaban J connectivity index is 2.35. The molecule has 0 aliphatic heterocycles. The van der Waals surface area contributed by atoms with Crippen molar-refractivity contribution < 1.29 is 18.5 Å². The highest BCUT2D eigenvalue weighted by molar-refractivity contribution is 6.35. The second kappa shape index (κ2) is 7.35. The average Bonchev–Trinajstić information content (AvgIpc) is 2.61. The Morgan fingerprint density at radius 1 is 1.25 bits per heavy atom. The Bertz CT molecular complexity index is 1170. The lowest BCUT2D eigenvalue weighted by molar-refractivity contribution is -0.383. The van der Waals surface area contributed by atoms with Crippen molar-refractivity contribution in [3.63, 3.8) is 0 Å². The van der Waals surface area contributed by atoms with Crippen LogP contribution in [0, 0.1) is 21.7 Å². The molecule has 0 atom stereocenters. The number of halogens is 3. The SMILES string of the molecule is CCC(=O)c1c(Nc2cc(F)cc(F)c2)[nH]c2c(Cl)ccc([N+](=O)[O-])c2c1=O. The molecule has 144 valence electrons. The van der Waals surface area contributed by atoms with Gasteiger partial charge in [0.25, 0.3) is 5.69 Å². The van der Waals surface area contributed by atoms with Gasteiger partial charge in [-0.05, 0) is 18.2 Å². The molecule has 0 amide bonds. The minimum Gasteiger partial charge on any atom is -0.341 e. The number of non-ortho nitro benzene ring substituents is 1. The molecule has 3 aromatic rings. The molecule has 0 saturated heterocycles. The predicted octanol–water partition coefficient (Wildman–Crippen LogP) is 4.70. The van der Waals surface area contributed by atoms with E-state index in [0.717, 1.165) is 18.2 Å². The summed E-state index contributed by atoms with van der Waals surface area (Å²) in [6, 6.07) is 4.87. The summed E-state index contributed by atoms with van der Waals surface area (Å²) in [7, 11) is 0. The van der Waals surface area contributed by atoms with Gasteiger partial charge in [-0.3, -0.25) is 19.7 Å². The molecule has 28 heavy (non-hydrogen) atoms. The topological polar surface area (TPSA) is 105 Å². The van der Waals surface area contributed by atoms with E-state index in [-0.39, 0.29) is 33.9 Å². The number of fused-ring (bicyclic) bond motifs is 1. The number of ketones is 1. The number of hydrogen-bond acceptors (Lipinski definition) is 5. The standard InChI is InChI=1S/C18H12ClF2N3O4/c1-2-13(25)15-17(26)14-12(24(27)28)4-3-11(19)16(14)23-18(15)22-10-6-8(20)5-9(21)7-10/h3-7H,2H2,1H3,(H2,22,23,26). The largest absolute Gasteiger partial charge is 0.341 e. The monoisotopic (exact) mass is 407 g/mol. The van der Waals surface area contributed by atoms with Crippen LogP contribution in [0.5, 0.6) is 0 Å². The van der Waals surface area contributed by atoms with Crippen LogP contribution in [0.3, 0.4) is 0 Å². The quantitative estimate of drug-likeness (QED) is 0.362. The maximum atomic E-state index is 13.5. The van der Waals surface area contributed by atoms with Crippen molar-refractivity contribution in [2.45, 2.75) is 13.3 Å². The van der Waals surface area contributed by atoms with E-state index in [9.17, 15) is 28.5 Å². The fourth-order valence-corrected chi connectivity index (χ4v) is 3.01. The first-order chi connectivity index (χ1) is 13.2. The molecule has 0 bridgehead atoms. The second-order valence-corrected chi connectivity index (χ2v) is 6.24. The van der Waals surface area contributed by atoms with Crippen LogP contribution in [-0.2, 0) is 0 Å². The van der Waals surface area contributed by atoms with Crippen LogP contribution in [0.2, 0.25) is 5.02 Å². The maximum Gasteiger partial charge on any atom is 0.282 e. The Labute approximate surface area is 161 Å². The van der Waals surface area contributed by atoms with Gasteiger partial charge >= 0.3 is 0 Å². The van der Waals surface area contributed by atoms with Gasteiger partial charge in [-0.2, -0.15) is 0 Å². The Hall–Kier alpha value is -3.33. The van der Waals surface area contributed by atoms with Crippen molar-refractivity contribution in [1.29, 1.82) is 0 Å². The summed E-state index contributed by atoms with van der Waals surface area (Å²) in [5, 5.41) is 13.5. The van der Waals surface area contributed by atoms with E-state index < -0.39 is 39.0 Å². The van der Waals surface area contributed by atoms with E-state index in [2.05, 4.69) is 10.3 Å². The number of H-pyrrole nitrogens is 1. The zero-order chi connectivity index (χ0) is 20.6. The van der Waals surface area contributed by atoms with E-state index >= 15 is 0 Å². The van der Waals surface area contributed by atoms with Crippen molar-refractivity contribution in [2.24, 2.45) is 0 Å². The van der Waals surface area contributed by atoms with E-state index in [1.807, 2.05) is 0 Å². The number of nitro benzene ring substituents is 1. The Morgan fingerprint density at radius 3 is 2.46 bits per heavy atom. The van der Waals surface area contributed by atoms with Crippen LogP contribution in [0.25, 0.3) is 10.9 Å². The highest BCUT2D eigenvalue weighted by atomic mass is 35.5. The summed E-state index contributed by atoms with van der Waals surface area (Å²) >= 11 is 6.07. The van der Waals surface area contributed by atoms with E-state index in [0.29, 0.717) is 6.07 Å². The molecule has 2 aromatic carbocycles. The number of pyridine rings is 1. The number of rotatable bonds is 5. The van der Waals surface area contributed by atoms with Gasteiger partial charge in [-0.25, -0.2) is 8.78 Å². The molecule has 0 aliphatic carbocycles. The predicted molar refractivity (Wildman–Crippen MR) is 100 cm³/mol. The highest BCUT2D eigenvalue weighted by Gasteiger charge is 2.25. The number of aromatic nitrogens is 1. The molecule has 7 nitrogen and oxygen atoms in total.